The standard InChI is InChI=1S/C20H30O5Si/c1-8-23-18(22)19(4)17(24-15(3)21)20(5,14(2)25-19)26(6,7)16-12-10-9-11-13-16/h9-14,17H,8H2,1-7H3/t14-,17-,19+,20-/m0/s1. The third-order valence-electron chi connectivity index (χ3n) is 6.12. The van der Waals surface area contributed by atoms with Gasteiger partial charge in [-0.3, -0.25) is 4.79 Å². The van der Waals surface area contributed by atoms with Crippen LogP contribution in [0.1, 0.15) is 34.6 Å². The molecule has 1 aromatic rings. The topological polar surface area (TPSA) is 61.8 Å². The highest BCUT2D eigenvalue weighted by Crippen LogP contribution is 2.57. The predicted molar refractivity (Wildman–Crippen MR) is 103 cm³/mol. The van der Waals surface area contributed by atoms with Crippen LogP contribution in [0.15, 0.2) is 30.3 Å². The second-order valence-corrected chi connectivity index (χ2v) is 12.8. The van der Waals surface area contributed by atoms with Gasteiger partial charge in [0.2, 0.25) is 0 Å². The number of carbonyl (C=O) groups is 2. The van der Waals surface area contributed by atoms with Gasteiger partial charge in [-0.2, -0.15) is 0 Å². The Hall–Kier alpha value is -1.66. The van der Waals surface area contributed by atoms with Crippen LogP contribution in [0, 0.1) is 0 Å². The summed E-state index contributed by atoms with van der Waals surface area (Å²) < 4.78 is 17.2. The van der Waals surface area contributed by atoms with Gasteiger partial charge in [0.15, 0.2) is 5.60 Å². The molecule has 1 saturated heterocycles. The van der Waals surface area contributed by atoms with E-state index in [1.54, 1.807) is 13.8 Å². The summed E-state index contributed by atoms with van der Waals surface area (Å²) in [5, 5.41) is 0.713. The predicted octanol–water partition coefficient (Wildman–Crippen LogP) is 3.03. The quantitative estimate of drug-likeness (QED) is 0.582. The molecule has 2 rings (SSSR count). The minimum Gasteiger partial charge on any atom is -0.464 e. The van der Waals surface area contributed by atoms with Crippen molar-refractivity contribution in [3.63, 3.8) is 0 Å². The van der Waals surface area contributed by atoms with Crippen LogP contribution in [0.4, 0.5) is 0 Å². The van der Waals surface area contributed by atoms with Crippen LogP contribution in [-0.4, -0.2) is 44.4 Å². The summed E-state index contributed by atoms with van der Waals surface area (Å²) in [5.74, 6) is -0.910. The lowest BCUT2D eigenvalue weighted by Gasteiger charge is -2.46. The molecule has 0 amide bonds. The summed E-state index contributed by atoms with van der Waals surface area (Å²) in [7, 11) is -2.23. The van der Waals surface area contributed by atoms with Gasteiger partial charge in [-0.1, -0.05) is 55.5 Å². The summed E-state index contributed by atoms with van der Waals surface area (Å²) in [6.07, 6.45) is -0.994. The molecule has 0 radical (unpaired) electrons. The Kier molecular flexibility index (Phi) is 5.68. The molecule has 0 N–H and O–H groups in total. The van der Waals surface area contributed by atoms with E-state index >= 15 is 0 Å². The maximum atomic E-state index is 12.7. The van der Waals surface area contributed by atoms with Crippen LogP contribution in [0.5, 0.6) is 0 Å². The Balaban J connectivity index is 2.60. The maximum Gasteiger partial charge on any atom is 0.342 e. The van der Waals surface area contributed by atoms with Crippen molar-refractivity contribution in [2.24, 2.45) is 0 Å². The van der Waals surface area contributed by atoms with E-state index in [4.69, 9.17) is 14.2 Å². The van der Waals surface area contributed by atoms with Gasteiger partial charge in [0.05, 0.1) is 20.8 Å². The third-order valence-corrected chi connectivity index (χ3v) is 11.3. The number of hydrogen-bond acceptors (Lipinski definition) is 5. The highest BCUT2D eigenvalue weighted by Gasteiger charge is 2.69. The van der Waals surface area contributed by atoms with Crippen LogP contribution < -0.4 is 5.19 Å². The van der Waals surface area contributed by atoms with E-state index in [9.17, 15) is 9.59 Å². The van der Waals surface area contributed by atoms with E-state index < -0.39 is 36.8 Å². The minimum absolute atomic E-state index is 0.245. The smallest absolute Gasteiger partial charge is 0.342 e. The number of ether oxygens (including phenoxy) is 3. The number of hydrogen-bond donors (Lipinski definition) is 0. The number of rotatable bonds is 5. The average Bonchev–Trinajstić information content (AvgIpc) is 2.78. The summed E-state index contributed by atoms with van der Waals surface area (Å²) in [6.45, 7) is 13.5. The first-order valence-electron chi connectivity index (χ1n) is 9.09. The Morgan fingerprint density at radius 1 is 1.19 bits per heavy atom. The zero-order chi connectivity index (χ0) is 19.8. The minimum atomic E-state index is -2.23. The fourth-order valence-corrected chi connectivity index (χ4v) is 7.88. The fourth-order valence-electron chi connectivity index (χ4n) is 4.17. The average molecular weight is 379 g/mol. The monoisotopic (exact) mass is 378 g/mol. The second kappa shape index (κ2) is 7.16. The summed E-state index contributed by atoms with van der Waals surface area (Å²) in [6, 6.07) is 10.2. The lowest BCUT2D eigenvalue weighted by Crippen LogP contribution is -2.61. The van der Waals surface area contributed by atoms with Gasteiger partial charge in [0, 0.05) is 12.0 Å². The van der Waals surface area contributed by atoms with E-state index in [-0.39, 0.29) is 12.7 Å². The van der Waals surface area contributed by atoms with Gasteiger partial charge in [-0.05, 0) is 20.8 Å². The molecule has 0 aromatic heterocycles. The zero-order valence-electron chi connectivity index (χ0n) is 16.8. The number of benzene rings is 1. The van der Waals surface area contributed by atoms with Crippen molar-refractivity contribution < 1.29 is 23.8 Å². The molecule has 144 valence electrons. The third kappa shape index (κ3) is 3.09. The molecule has 26 heavy (non-hydrogen) atoms. The molecular formula is C20H30O5Si. The van der Waals surface area contributed by atoms with Crippen molar-refractivity contribution in [3.05, 3.63) is 30.3 Å². The van der Waals surface area contributed by atoms with Gasteiger partial charge in [0.25, 0.3) is 0 Å². The van der Waals surface area contributed by atoms with Crippen molar-refractivity contribution in [1.29, 1.82) is 0 Å². The zero-order valence-corrected chi connectivity index (χ0v) is 17.8. The molecular weight excluding hydrogens is 348 g/mol. The van der Waals surface area contributed by atoms with Crippen LogP contribution in [0.2, 0.25) is 18.1 Å². The fraction of sp³-hybridized carbons (Fsp3) is 0.600. The summed E-state index contributed by atoms with van der Waals surface area (Å²) in [4.78, 5) is 24.6. The molecule has 1 aliphatic heterocycles. The van der Waals surface area contributed by atoms with Crippen molar-refractivity contribution in [2.75, 3.05) is 6.61 Å². The molecule has 1 fully saturated rings. The molecule has 0 saturated carbocycles. The Bertz CT molecular complexity index is 674. The molecule has 0 aliphatic carbocycles. The molecule has 1 aromatic carbocycles. The van der Waals surface area contributed by atoms with E-state index in [0.717, 1.165) is 0 Å². The summed E-state index contributed by atoms with van der Waals surface area (Å²) in [5.41, 5.74) is -1.32. The van der Waals surface area contributed by atoms with Crippen LogP contribution >= 0.6 is 0 Å². The molecule has 1 heterocycles. The maximum absolute atomic E-state index is 12.7. The highest BCUT2D eigenvalue weighted by molar-refractivity contribution is 6.92. The molecule has 6 heteroatoms. The molecule has 0 unspecified atom stereocenters. The Labute approximate surface area is 157 Å². The number of carbonyl (C=O) groups excluding carboxylic acids is 2. The van der Waals surface area contributed by atoms with E-state index in [1.165, 1.54) is 12.1 Å². The largest absolute Gasteiger partial charge is 0.464 e. The number of esters is 2. The van der Waals surface area contributed by atoms with E-state index in [0.29, 0.717) is 0 Å². The molecule has 0 spiro atoms. The van der Waals surface area contributed by atoms with Gasteiger partial charge in [0.1, 0.15) is 6.10 Å². The first-order valence-corrected chi connectivity index (χ1v) is 12.1. The molecule has 5 nitrogen and oxygen atoms in total. The van der Waals surface area contributed by atoms with Gasteiger partial charge in [-0.15, -0.1) is 0 Å². The van der Waals surface area contributed by atoms with Crippen LogP contribution in [0.25, 0.3) is 0 Å². The molecule has 4 atom stereocenters. The lowest BCUT2D eigenvalue weighted by molar-refractivity contribution is -0.181. The highest BCUT2D eigenvalue weighted by atomic mass is 28.3. The summed E-state index contributed by atoms with van der Waals surface area (Å²) >= 11 is 0. The molecule has 0 bridgehead atoms. The first kappa shape index (κ1) is 20.6. The molecule has 1 aliphatic rings. The van der Waals surface area contributed by atoms with E-state index in [2.05, 4.69) is 32.2 Å². The Morgan fingerprint density at radius 3 is 2.27 bits per heavy atom. The first-order chi connectivity index (χ1) is 12.0. The van der Waals surface area contributed by atoms with Crippen molar-refractivity contribution >= 4 is 25.2 Å². The van der Waals surface area contributed by atoms with Gasteiger partial charge in [-0.25, -0.2) is 4.79 Å². The van der Waals surface area contributed by atoms with Crippen molar-refractivity contribution in [2.45, 2.75) is 70.6 Å². The Morgan fingerprint density at radius 2 is 1.77 bits per heavy atom. The van der Waals surface area contributed by atoms with E-state index in [1.807, 2.05) is 25.1 Å². The second-order valence-electron chi connectivity index (χ2n) is 7.85. The van der Waals surface area contributed by atoms with Gasteiger partial charge < -0.3 is 14.2 Å². The van der Waals surface area contributed by atoms with Crippen molar-refractivity contribution in [1.82, 2.24) is 0 Å². The van der Waals surface area contributed by atoms with Gasteiger partial charge >= 0.3 is 11.9 Å². The van der Waals surface area contributed by atoms with Crippen molar-refractivity contribution in [3.8, 4) is 0 Å². The van der Waals surface area contributed by atoms with Crippen LogP contribution in [-0.2, 0) is 23.8 Å². The normalized spacial score (nSPS) is 31.5. The van der Waals surface area contributed by atoms with Crippen LogP contribution in [0.3, 0.4) is 0 Å². The SMILES string of the molecule is CCOC(=O)[C@]1(C)O[C@@H](C)[C@](C)([Si](C)(C)c2ccccc2)[C@H]1OC(C)=O. The lowest BCUT2D eigenvalue weighted by atomic mass is 9.89.